The second-order valence-corrected chi connectivity index (χ2v) is 4.00. The van der Waals surface area contributed by atoms with E-state index in [1.807, 2.05) is 13.8 Å². The molecule has 0 radical (unpaired) electrons. The van der Waals surface area contributed by atoms with E-state index in [9.17, 15) is 9.18 Å². The van der Waals surface area contributed by atoms with Crippen molar-refractivity contribution in [2.24, 2.45) is 11.7 Å². The zero-order valence-corrected chi connectivity index (χ0v) is 10.7. The van der Waals surface area contributed by atoms with Gasteiger partial charge in [-0.2, -0.15) is 0 Å². The third-order valence-electron chi connectivity index (χ3n) is 2.28. The molecule has 0 heterocycles. The zero-order chi connectivity index (χ0) is 12.1. The summed E-state index contributed by atoms with van der Waals surface area (Å²) >= 11 is 0. The van der Waals surface area contributed by atoms with Gasteiger partial charge < -0.3 is 10.5 Å². The molecule has 0 amide bonds. The molecule has 0 aliphatic carbocycles. The van der Waals surface area contributed by atoms with Crippen LogP contribution in [0.1, 0.15) is 19.4 Å². The highest BCUT2D eigenvalue weighted by atomic mass is 35.5. The molecule has 1 atom stereocenters. The van der Waals surface area contributed by atoms with E-state index < -0.39 is 12.0 Å². The van der Waals surface area contributed by atoms with Gasteiger partial charge >= 0.3 is 5.97 Å². The second kappa shape index (κ2) is 7.25. The molecule has 0 aliphatic heterocycles. The number of hydrogen-bond acceptors (Lipinski definition) is 3. The maximum atomic E-state index is 12.6. The van der Waals surface area contributed by atoms with Crippen molar-refractivity contribution in [3.63, 3.8) is 0 Å². The highest BCUT2D eigenvalue weighted by Crippen LogP contribution is 2.06. The third-order valence-corrected chi connectivity index (χ3v) is 2.28. The van der Waals surface area contributed by atoms with Gasteiger partial charge in [0.2, 0.25) is 0 Å². The molecule has 96 valence electrons. The lowest BCUT2D eigenvalue weighted by atomic mass is 10.1. The summed E-state index contributed by atoms with van der Waals surface area (Å²) in [7, 11) is 0. The van der Waals surface area contributed by atoms with Crippen LogP contribution in [0.3, 0.4) is 0 Å². The molecule has 0 saturated heterocycles. The van der Waals surface area contributed by atoms with Gasteiger partial charge in [-0.05, 0) is 23.6 Å². The molecule has 1 rings (SSSR count). The smallest absolute Gasteiger partial charge is 0.323 e. The van der Waals surface area contributed by atoms with E-state index in [4.69, 9.17) is 10.5 Å². The minimum Gasteiger partial charge on any atom is -0.460 e. The van der Waals surface area contributed by atoms with E-state index >= 15 is 0 Å². The second-order valence-electron chi connectivity index (χ2n) is 4.00. The van der Waals surface area contributed by atoms with Crippen LogP contribution in [-0.4, -0.2) is 12.0 Å². The third kappa shape index (κ3) is 5.15. The molecule has 0 aliphatic rings. The number of halogens is 2. The predicted octanol–water partition coefficient (Wildman–Crippen LogP) is 2.27. The largest absolute Gasteiger partial charge is 0.460 e. The summed E-state index contributed by atoms with van der Waals surface area (Å²) in [5, 5.41) is 0. The first kappa shape index (κ1) is 15.9. The fourth-order valence-corrected chi connectivity index (χ4v) is 1.10. The fourth-order valence-electron chi connectivity index (χ4n) is 1.10. The quantitative estimate of drug-likeness (QED) is 0.846. The maximum Gasteiger partial charge on any atom is 0.323 e. The van der Waals surface area contributed by atoms with E-state index in [1.165, 1.54) is 12.1 Å². The molecule has 1 aromatic rings. The van der Waals surface area contributed by atoms with Gasteiger partial charge in [-0.15, -0.1) is 12.4 Å². The van der Waals surface area contributed by atoms with E-state index in [1.54, 1.807) is 12.1 Å². The molecule has 0 fully saturated rings. The van der Waals surface area contributed by atoms with E-state index in [0.717, 1.165) is 5.56 Å². The van der Waals surface area contributed by atoms with Crippen LogP contribution in [0.5, 0.6) is 0 Å². The van der Waals surface area contributed by atoms with Crippen molar-refractivity contribution in [3.05, 3.63) is 35.6 Å². The Hall–Kier alpha value is -1.13. The first-order chi connectivity index (χ1) is 7.50. The fraction of sp³-hybridized carbons (Fsp3) is 0.417. The van der Waals surface area contributed by atoms with Crippen molar-refractivity contribution < 1.29 is 13.9 Å². The van der Waals surface area contributed by atoms with Gasteiger partial charge in [0.15, 0.2) is 0 Å². The molecule has 0 aromatic heterocycles. The van der Waals surface area contributed by atoms with E-state index in [-0.39, 0.29) is 30.7 Å². The first-order valence-electron chi connectivity index (χ1n) is 5.17. The van der Waals surface area contributed by atoms with Crippen LogP contribution in [0.25, 0.3) is 0 Å². The minimum absolute atomic E-state index is 0. The van der Waals surface area contributed by atoms with E-state index in [2.05, 4.69) is 0 Å². The van der Waals surface area contributed by atoms with Crippen LogP contribution in [0, 0.1) is 11.7 Å². The van der Waals surface area contributed by atoms with Crippen LogP contribution in [0.15, 0.2) is 24.3 Å². The van der Waals surface area contributed by atoms with Gasteiger partial charge in [0.1, 0.15) is 18.5 Å². The van der Waals surface area contributed by atoms with Crippen molar-refractivity contribution in [1.82, 2.24) is 0 Å². The Kier molecular flexibility index (Phi) is 6.76. The van der Waals surface area contributed by atoms with Crippen LogP contribution in [0.4, 0.5) is 4.39 Å². The van der Waals surface area contributed by atoms with Gasteiger partial charge in [-0.3, -0.25) is 4.79 Å². The predicted molar refractivity (Wildman–Crippen MR) is 66.3 cm³/mol. The molecule has 1 aromatic carbocycles. The van der Waals surface area contributed by atoms with Crippen molar-refractivity contribution >= 4 is 18.4 Å². The van der Waals surface area contributed by atoms with Gasteiger partial charge in [0, 0.05) is 0 Å². The molecular formula is C12H17ClFNO2. The van der Waals surface area contributed by atoms with Crippen LogP contribution < -0.4 is 5.73 Å². The van der Waals surface area contributed by atoms with Gasteiger partial charge in [-0.1, -0.05) is 26.0 Å². The molecule has 0 unspecified atom stereocenters. The van der Waals surface area contributed by atoms with Crippen LogP contribution in [-0.2, 0) is 16.1 Å². The summed E-state index contributed by atoms with van der Waals surface area (Å²) in [6.07, 6.45) is 0. The average molecular weight is 262 g/mol. The summed E-state index contributed by atoms with van der Waals surface area (Å²) in [5.74, 6) is -0.700. The molecule has 0 spiro atoms. The molecule has 3 nitrogen and oxygen atoms in total. The standard InChI is InChI=1S/C12H16FNO2.ClH/c1-8(2)11(14)12(15)16-7-9-3-5-10(13)6-4-9;/h3-6,8,11H,7,14H2,1-2H3;1H/t11-;/m0./s1. The zero-order valence-electron chi connectivity index (χ0n) is 9.85. The lowest BCUT2D eigenvalue weighted by molar-refractivity contribution is -0.147. The molecular weight excluding hydrogens is 245 g/mol. The van der Waals surface area contributed by atoms with Gasteiger partial charge in [0.05, 0.1) is 0 Å². The van der Waals surface area contributed by atoms with E-state index in [0.29, 0.717) is 0 Å². The molecule has 5 heteroatoms. The number of ether oxygens (including phenoxy) is 1. The Morgan fingerprint density at radius 2 is 1.88 bits per heavy atom. The Labute approximate surface area is 107 Å². The number of rotatable bonds is 4. The number of esters is 1. The number of nitrogens with two attached hydrogens (primary N) is 1. The molecule has 0 bridgehead atoms. The topological polar surface area (TPSA) is 52.3 Å². The Bertz CT molecular complexity index is 354. The monoisotopic (exact) mass is 261 g/mol. The summed E-state index contributed by atoms with van der Waals surface area (Å²) in [4.78, 5) is 11.4. The first-order valence-corrected chi connectivity index (χ1v) is 5.17. The summed E-state index contributed by atoms with van der Waals surface area (Å²) < 4.78 is 17.6. The SMILES string of the molecule is CC(C)[C@H](N)C(=O)OCc1ccc(F)cc1.Cl. The summed E-state index contributed by atoms with van der Waals surface area (Å²) in [5.41, 5.74) is 6.36. The normalized spacial score (nSPS) is 11.8. The number of hydrogen-bond donors (Lipinski definition) is 1. The lowest BCUT2D eigenvalue weighted by Crippen LogP contribution is -2.36. The number of carbonyl (C=O) groups excluding carboxylic acids is 1. The number of benzene rings is 1. The van der Waals surface area contributed by atoms with Crippen LogP contribution >= 0.6 is 12.4 Å². The molecule has 2 N–H and O–H groups in total. The number of carbonyl (C=O) groups is 1. The van der Waals surface area contributed by atoms with Gasteiger partial charge in [-0.25, -0.2) is 4.39 Å². The Morgan fingerprint density at radius 1 is 1.35 bits per heavy atom. The highest BCUT2D eigenvalue weighted by molar-refractivity contribution is 5.85. The Morgan fingerprint density at radius 3 is 2.35 bits per heavy atom. The van der Waals surface area contributed by atoms with Gasteiger partial charge in [0.25, 0.3) is 0 Å². The Balaban J connectivity index is 0.00000256. The lowest BCUT2D eigenvalue weighted by Gasteiger charge is -2.14. The summed E-state index contributed by atoms with van der Waals surface area (Å²) in [6, 6.07) is 5.19. The molecule has 17 heavy (non-hydrogen) atoms. The minimum atomic E-state index is -0.611. The van der Waals surface area contributed by atoms with Crippen LogP contribution in [0.2, 0.25) is 0 Å². The van der Waals surface area contributed by atoms with Crippen molar-refractivity contribution in [2.45, 2.75) is 26.5 Å². The van der Waals surface area contributed by atoms with Crippen molar-refractivity contribution in [2.75, 3.05) is 0 Å². The van der Waals surface area contributed by atoms with Crippen molar-refractivity contribution in [1.29, 1.82) is 0 Å². The average Bonchev–Trinajstić information content (AvgIpc) is 2.26. The maximum absolute atomic E-state index is 12.6. The highest BCUT2D eigenvalue weighted by Gasteiger charge is 2.18. The summed E-state index contributed by atoms with van der Waals surface area (Å²) in [6.45, 7) is 3.83. The van der Waals surface area contributed by atoms with Crippen molar-refractivity contribution in [3.8, 4) is 0 Å². The molecule has 0 saturated carbocycles.